The van der Waals surface area contributed by atoms with E-state index in [2.05, 4.69) is 27.4 Å². The quantitative estimate of drug-likeness (QED) is 0.417. The molecule has 1 aromatic heterocycles. The minimum absolute atomic E-state index is 0.0909. The second kappa shape index (κ2) is 9.62. The lowest BCUT2D eigenvalue weighted by Crippen LogP contribution is -2.41. The van der Waals surface area contributed by atoms with Crippen molar-refractivity contribution in [2.75, 3.05) is 23.3 Å². The highest BCUT2D eigenvalue weighted by molar-refractivity contribution is 5.98. The topological polar surface area (TPSA) is 145 Å². The third kappa shape index (κ3) is 4.43. The molecule has 1 amide bonds. The standard InChI is InChI=1S/C26H24N6O4/c27-15-20-21(18-7-4-8-19(14-18)32(35)36)22-23(28-24(20)33)29-26(30-25(22)34)31-11-9-17(10-12-31)13-16-5-2-1-3-6-16/h1-8,14,17,20-21H,9-13H2,(H2,28,29,30,33,34). The fourth-order valence-electron chi connectivity index (χ4n) is 5.14. The number of hydrogen-bond acceptors (Lipinski definition) is 7. The Labute approximate surface area is 206 Å². The first-order chi connectivity index (χ1) is 17.4. The molecule has 1 saturated heterocycles. The van der Waals surface area contributed by atoms with Gasteiger partial charge < -0.3 is 10.2 Å². The molecule has 10 nitrogen and oxygen atoms in total. The van der Waals surface area contributed by atoms with Crippen molar-refractivity contribution in [3.05, 3.63) is 91.8 Å². The van der Waals surface area contributed by atoms with Gasteiger partial charge in [0.05, 0.1) is 16.6 Å². The number of anilines is 2. The molecular formula is C26H24N6O4. The molecule has 2 unspecified atom stereocenters. The highest BCUT2D eigenvalue weighted by Gasteiger charge is 2.41. The van der Waals surface area contributed by atoms with Crippen molar-refractivity contribution < 1.29 is 9.72 Å². The number of piperidine rings is 1. The molecule has 1 fully saturated rings. The molecule has 0 bridgehead atoms. The van der Waals surface area contributed by atoms with Crippen LogP contribution in [0.4, 0.5) is 17.5 Å². The van der Waals surface area contributed by atoms with E-state index >= 15 is 0 Å². The summed E-state index contributed by atoms with van der Waals surface area (Å²) >= 11 is 0. The maximum absolute atomic E-state index is 13.3. The molecule has 5 rings (SSSR count). The molecule has 0 spiro atoms. The van der Waals surface area contributed by atoms with Gasteiger partial charge in [0, 0.05) is 31.1 Å². The monoisotopic (exact) mass is 484 g/mol. The number of H-pyrrole nitrogens is 1. The fourth-order valence-corrected chi connectivity index (χ4v) is 5.14. The summed E-state index contributed by atoms with van der Waals surface area (Å²) in [6.45, 7) is 1.42. The summed E-state index contributed by atoms with van der Waals surface area (Å²) in [5, 5.41) is 23.6. The number of carbonyl (C=O) groups is 1. The van der Waals surface area contributed by atoms with E-state index < -0.39 is 28.2 Å². The molecule has 3 aromatic rings. The number of amides is 1. The van der Waals surface area contributed by atoms with E-state index in [4.69, 9.17) is 0 Å². The first-order valence-corrected chi connectivity index (χ1v) is 11.8. The van der Waals surface area contributed by atoms with Crippen molar-refractivity contribution >= 4 is 23.4 Å². The van der Waals surface area contributed by atoms with Gasteiger partial charge in [-0.1, -0.05) is 42.5 Å². The Hall–Kier alpha value is -4.52. The van der Waals surface area contributed by atoms with Crippen LogP contribution in [-0.2, 0) is 11.2 Å². The number of aromatic nitrogens is 2. The highest BCUT2D eigenvalue weighted by atomic mass is 16.6. The normalized spacial score (nSPS) is 19.8. The first-order valence-electron chi connectivity index (χ1n) is 11.8. The molecule has 2 N–H and O–H groups in total. The number of benzene rings is 2. The van der Waals surface area contributed by atoms with Crippen LogP contribution in [0.25, 0.3) is 0 Å². The summed E-state index contributed by atoms with van der Waals surface area (Å²) in [5.74, 6) is -1.80. The number of fused-ring (bicyclic) bond motifs is 1. The first kappa shape index (κ1) is 23.2. The summed E-state index contributed by atoms with van der Waals surface area (Å²) in [7, 11) is 0. The van der Waals surface area contributed by atoms with Gasteiger partial charge in [-0.3, -0.25) is 24.7 Å². The molecule has 0 saturated carbocycles. The smallest absolute Gasteiger partial charge is 0.269 e. The molecule has 0 aliphatic carbocycles. The molecule has 2 aliphatic heterocycles. The summed E-state index contributed by atoms with van der Waals surface area (Å²) in [6, 6.07) is 18.0. The number of nitro benzene ring substituents is 1. The number of nitrogens with zero attached hydrogens (tertiary/aromatic N) is 4. The Morgan fingerprint density at radius 1 is 1.11 bits per heavy atom. The lowest BCUT2D eigenvalue weighted by Gasteiger charge is -2.34. The minimum atomic E-state index is -1.22. The van der Waals surface area contributed by atoms with Crippen LogP contribution in [0.3, 0.4) is 0 Å². The highest BCUT2D eigenvalue weighted by Crippen LogP contribution is 2.39. The number of hydrogen-bond donors (Lipinski definition) is 2. The number of non-ortho nitro benzene ring substituents is 1. The maximum Gasteiger partial charge on any atom is 0.269 e. The van der Waals surface area contributed by atoms with E-state index in [1.165, 1.54) is 23.8 Å². The number of aromatic amines is 1. The predicted octanol–water partition coefficient (Wildman–Crippen LogP) is 3.36. The van der Waals surface area contributed by atoms with E-state index in [0.717, 1.165) is 19.3 Å². The van der Waals surface area contributed by atoms with Gasteiger partial charge in [-0.25, -0.2) is 0 Å². The van der Waals surface area contributed by atoms with Crippen LogP contribution < -0.4 is 15.8 Å². The van der Waals surface area contributed by atoms with E-state index in [1.807, 2.05) is 29.2 Å². The van der Waals surface area contributed by atoms with Crippen LogP contribution in [0.2, 0.25) is 0 Å². The van der Waals surface area contributed by atoms with E-state index in [1.54, 1.807) is 6.07 Å². The van der Waals surface area contributed by atoms with Crippen LogP contribution in [0, 0.1) is 33.3 Å². The number of nitriles is 1. The molecule has 3 heterocycles. The average molecular weight is 485 g/mol. The third-order valence-electron chi connectivity index (χ3n) is 6.97. The van der Waals surface area contributed by atoms with E-state index in [0.29, 0.717) is 30.5 Å². The number of carbonyl (C=O) groups excluding carboxylic acids is 1. The lowest BCUT2D eigenvalue weighted by molar-refractivity contribution is -0.384. The van der Waals surface area contributed by atoms with Crippen molar-refractivity contribution in [2.24, 2.45) is 11.8 Å². The zero-order chi connectivity index (χ0) is 25.2. The van der Waals surface area contributed by atoms with Gasteiger partial charge >= 0.3 is 0 Å². The van der Waals surface area contributed by atoms with Crippen LogP contribution in [-0.4, -0.2) is 33.9 Å². The summed E-state index contributed by atoms with van der Waals surface area (Å²) in [4.78, 5) is 46.2. The van der Waals surface area contributed by atoms with Gasteiger partial charge in [0.15, 0.2) is 0 Å². The molecule has 2 atom stereocenters. The molecule has 0 radical (unpaired) electrons. The van der Waals surface area contributed by atoms with Crippen molar-refractivity contribution in [1.82, 2.24) is 9.97 Å². The van der Waals surface area contributed by atoms with Crippen molar-refractivity contribution in [2.45, 2.75) is 25.2 Å². The Balaban J connectivity index is 1.43. The second-order valence-corrected chi connectivity index (χ2v) is 9.20. The van der Waals surface area contributed by atoms with Gasteiger partial charge in [-0.2, -0.15) is 10.2 Å². The minimum Gasteiger partial charge on any atom is -0.342 e. The number of nitro groups is 1. The van der Waals surface area contributed by atoms with Gasteiger partial charge in [-0.15, -0.1) is 0 Å². The van der Waals surface area contributed by atoms with Gasteiger partial charge in [-0.05, 0) is 36.3 Å². The van der Waals surface area contributed by atoms with Crippen molar-refractivity contribution in [3.8, 4) is 6.07 Å². The summed E-state index contributed by atoms with van der Waals surface area (Å²) in [6.07, 6.45) is 2.88. The van der Waals surface area contributed by atoms with Gasteiger partial charge in [0.2, 0.25) is 11.9 Å². The SMILES string of the molecule is N#CC1C(=O)Nc2nc(N3CCC(Cc4ccccc4)CC3)[nH]c(=O)c2C1c1cccc([N+](=O)[O-])c1. The Morgan fingerprint density at radius 3 is 2.56 bits per heavy atom. The van der Waals surface area contributed by atoms with E-state index in [9.17, 15) is 25.0 Å². The molecule has 182 valence electrons. The van der Waals surface area contributed by atoms with Crippen molar-refractivity contribution in [1.29, 1.82) is 5.26 Å². The summed E-state index contributed by atoms with van der Waals surface area (Å²) in [5.41, 5.74) is 1.12. The lowest BCUT2D eigenvalue weighted by atomic mass is 9.79. The third-order valence-corrected chi connectivity index (χ3v) is 6.97. The van der Waals surface area contributed by atoms with Crippen LogP contribution in [0.15, 0.2) is 59.4 Å². The predicted molar refractivity (Wildman–Crippen MR) is 133 cm³/mol. The largest absolute Gasteiger partial charge is 0.342 e. The molecule has 2 aromatic carbocycles. The van der Waals surface area contributed by atoms with Crippen LogP contribution in [0.5, 0.6) is 0 Å². The van der Waals surface area contributed by atoms with Crippen LogP contribution >= 0.6 is 0 Å². The molecule has 36 heavy (non-hydrogen) atoms. The fraction of sp³-hybridized carbons (Fsp3) is 0.308. The molecule has 2 aliphatic rings. The average Bonchev–Trinajstić information content (AvgIpc) is 2.89. The van der Waals surface area contributed by atoms with Gasteiger partial charge in [0.1, 0.15) is 11.7 Å². The Morgan fingerprint density at radius 2 is 1.86 bits per heavy atom. The molecule has 10 heteroatoms. The Kier molecular flexibility index (Phi) is 6.21. The maximum atomic E-state index is 13.3. The molecular weight excluding hydrogens is 460 g/mol. The second-order valence-electron chi connectivity index (χ2n) is 9.20. The zero-order valence-corrected chi connectivity index (χ0v) is 19.4. The zero-order valence-electron chi connectivity index (χ0n) is 19.4. The van der Waals surface area contributed by atoms with E-state index in [-0.39, 0.29) is 17.1 Å². The van der Waals surface area contributed by atoms with Gasteiger partial charge in [0.25, 0.3) is 11.2 Å². The van der Waals surface area contributed by atoms with Crippen molar-refractivity contribution in [3.63, 3.8) is 0 Å². The van der Waals surface area contributed by atoms with Crippen LogP contribution in [0.1, 0.15) is 35.4 Å². The Bertz CT molecular complexity index is 1410. The number of rotatable bonds is 5. The summed E-state index contributed by atoms with van der Waals surface area (Å²) < 4.78 is 0. The number of nitrogens with one attached hydrogen (secondary N) is 2.